The van der Waals surface area contributed by atoms with E-state index in [9.17, 15) is 22.8 Å². The molecule has 28 heavy (non-hydrogen) atoms. The van der Waals surface area contributed by atoms with Gasteiger partial charge in [-0.1, -0.05) is 12.1 Å². The van der Waals surface area contributed by atoms with Crippen molar-refractivity contribution in [3.05, 3.63) is 58.8 Å². The Morgan fingerprint density at radius 3 is 2.75 bits per heavy atom. The lowest BCUT2D eigenvalue weighted by molar-refractivity contribution is -0.137. The molecule has 2 heterocycles. The number of rotatable bonds is 5. The molecule has 1 aromatic carbocycles. The van der Waals surface area contributed by atoms with Gasteiger partial charge in [0, 0.05) is 10.9 Å². The number of furan rings is 1. The molecule has 0 aliphatic carbocycles. The van der Waals surface area contributed by atoms with Gasteiger partial charge in [0.25, 0.3) is 5.91 Å². The molecule has 10 heteroatoms. The number of amides is 1. The summed E-state index contributed by atoms with van der Waals surface area (Å²) in [5.74, 6) is -1.25. The molecule has 6 nitrogen and oxygen atoms in total. The van der Waals surface area contributed by atoms with Crippen molar-refractivity contribution in [2.24, 2.45) is 0 Å². The normalized spacial score (nSPS) is 11.3. The summed E-state index contributed by atoms with van der Waals surface area (Å²) in [6, 6.07) is 7.33. The fourth-order valence-electron chi connectivity index (χ4n) is 2.25. The Labute approximate surface area is 161 Å². The number of benzene rings is 1. The summed E-state index contributed by atoms with van der Waals surface area (Å²) in [5.41, 5.74) is -0.569. The van der Waals surface area contributed by atoms with Crippen LogP contribution in [0.15, 0.2) is 46.2 Å². The average Bonchev–Trinajstić information content (AvgIpc) is 3.31. The quantitative estimate of drug-likeness (QED) is 0.608. The van der Waals surface area contributed by atoms with Crippen molar-refractivity contribution in [1.82, 2.24) is 4.98 Å². The van der Waals surface area contributed by atoms with Gasteiger partial charge >= 0.3 is 12.1 Å². The van der Waals surface area contributed by atoms with Gasteiger partial charge in [0.05, 0.1) is 12.2 Å². The molecule has 2 aromatic heterocycles. The summed E-state index contributed by atoms with van der Waals surface area (Å²) in [6.45, 7) is 1.86. The maximum Gasteiger partial charge on any atom is 0.416 e. The van der Waals surface area contributed by atoms with Crippen molar-refractivity contribution in [2.75, 3.05) is 11.9 Å². The Morgan fingerprint density at radius 2 is 2.04 bits per heavy atom. The molecular formula is C18H13F3N2O4S. The van der Waals surface area contributed by atoms with Crippen molar-refractivity contribution in [2.45, 2.75) is 13.1 Å². The van der Waals surface area contributed by atoms with E-state index in [1.54, 1.807) is 6.92 Å². The van der Waals surface area contributed by atoms with Gasteiger partial charge in [0.2, 0.25) is 0 Å². The van der Waals surface area contributed by atoms with Gasteiger partial charge in [0.1, 0.15) is 5.76 Å². The molecule has 0 radical (unpaired) electrons. The SMILES string of the molecule is CCOC(=O)c1csc(NC(=O)c2ccc(-c3cccc(C(F)(F)F)c3)o2)n1. The third-order valence-corrected chi connectivity index (χ3v) is 4.27. The fourth-order valence-corrected chi connectivity index (χ4v) is 2.93. The zero-order chi connectivity index (χ0) is 20.3. The van der Waals surface area contributed by atoms with E-state index < -0.39 is 23.6 Å². The summed E-state index contributed by atoms with van der Waals surface area (Å²) in [4.78, 5) is 27.8. The number of alkyl halides is 3. The Bertz CT molecular complexity index is 1010. The van der Waals surface area contributed by atoms with Crippen LogP contribution in [0.25, 0.3) is 11.3 Å². The van der Waals surface area contributed by atoms with Gasteiger partial charge in [0.15, 0.2) is 16.6 Å². The maximum atomic E-state index is 12.8. The predicted molar refractivity (Wildman–Crippen MR) is 95.2 cm³/mol. The van der Waals surface area contributed by atoms with Crippen LogP contribution in [0.4, 0.5) is 18.3 Å². The van der Waals surface area contributed by atoms with Crippen LogP contribution in [0.5, 0.6) is 0 Å². The second kappa shape index (κ2) is 7.85. The molecule has 1 amide bonds. The minimum absolute atomic E-state index is 0.0613. The molecule has 0 spiro atoms. The molecule has 0 unspecified atom stereocenters. The summed E-state index contributed by atoms with van der Waals surface area (Å²) in [6.07, 6.45) is -4.48. The first-order valence-electron chi connectivity index (χ1n) is 7.99. The van der Waals surface area contributed by atoms with Crippen LogP contribution in [-0.2, 0) is 10.9 Å². The van der Waals surface area contributed by atoms with Gasteiger partial charge in [-0.25, -0.2) is 9.78 Å². The highest BCUT2D eigenvalue weighted by atomic mass is 32.1. The highest BCUT2D eigenvalue weighted by molar-refractivity contribution is 7.14. The number of thiazole rings is 1. The smallest absolute Gasteiger partial charge is 0.416 e. The van der Waals surface area contributed by atoms with Crippen LogP contribution in [0.3, 0.4) is 0 Å². The third-order valence-electron chi connectivity index (χ3n) is 3.51. The number of anilines is 1. The molecule has 0 saturated carbocycles. The van der Waals surface area contributed by atoms with Crippen molar-refractivity contribution >= 4 is 28.3 Å². The molecule has 0 saturated heterocycles. The van der Waals surface area contributed by atoms with Crippen molar-refractivity contribution in [3.63, 3.8) is 0 Å². The van der Waals surface area contributed by atoms with Gasteiger partial charge < -0.3 is 9.15 Å². The van der Waals surface area contributed by atoms with E-state index in [1.165, 1.54) is 29.6 Å². The molecule has 1 N–H and O–H groups in total. The molecule has 3 rings (SSSR count). The van der Waals surface area contributed by atoms with E-state index in [2.05, 4.69) is 10.3 Å². The lowest BCUT2D eigenvalue weighted by atomic mass is 10.1. The zero-order valence-corrected chi connectivity index (χ0v) is 15.2. The first-order valence-corrected chi connectivity index (χ1v) is 8.87. The molecule has 0 aliphatic rings. The summed E-state index contributed by atoms with van der Waals surface area (Å²) in [7, 11) is 0. The van der Waals surface area contributed by atoms with Gasteiger partial charge in [-0.3, -0.25) is 10.1 Å². The Hall–Kier alpha value is -3.14. The topological polar surface area (TPSA) is 81.4 Å². The number of esters is 1. The van der Waals surface area contributed by atoms with E-state index in [0.717, 1.165) is 23.5 Å². The van der Waals surface area contributed by atoms with E-state index >= 15 is 0 Å². The molecule has 0 atom stereocenters. The third kappa shape index (κ3) is 4.39. The minimum Gasteiger partial charge on any atom is -0.461 e. The van der Waals surface area contributed by atoms with Gasteiger partial charge in [-0.05, 0) is 31.2 Å². The largest absolute Gasteiger partial charge is 0.461 e. The standard InChI is InChI=1S/C18H13F3N2O4S/c1-2-26-16(25)12-9-28-17(22-12)23-15(24)14-7-6-13(27-14)10-4-3-5-11(8-10)18(19,20)21/h3-9H,2H2,1H3,(H,22,23,24). The first-order chi connectivity index (χ1) is 13.3. The molecule has 3 aromatic rings. The lowest BCUT2D eigenvalue weighted by Gasteiger charge is -2.07. The molecule has 0 bridgehead atoms. The number of carbonyl (C=O) groups excluding carboxylic acids is 2. The van der Waals surface area contributed by atoms with Gasteiger partial charge in [-0.15, -0.1) is 11.3 Å². The highest BCUT2D eigenvalue weighted by Crippen LogP contribution is 2.32. The molecule has 146 valence electrons. The van der Waals surface area contributed by atoms with Crippen LogP contribution in [0.2, 0.25) is 0 Å². The predicted octanol–water partition coefficient (Wildman–Crippen LogP) is 4.85. The summed E-state index contributed by atoms with van der Waals surface area (Å²) >= 11 is 1.02. The number of nitrogens with zero attached hydrogens (tertiary/aromatic N) is 1. The maximum absolute atomic E-state index is 12.8. The van der Waals surface area contributed by atoms with Crippen LogP contribution in [0.1, 0.15) is 33.5 Å². The number of halogens is 3. The van der Waals surface area contributed by atoms with Crippen molar-refractivity contribution in [1.29, 1.82) is 0 Å². The number of ether oxygens (including phenoxy) is 1. The Kier molecular flexibility index (Phi) is 5.50. The zero-order valence-electron chi connectivity index (χ0n) is 14.4. The molecule has 0 aliphatic heterocycles. The summed E-state index contributed by atoms with van der Waals surface area (Å²) in [5, 5.41) is 4.05. The van der Waals surface area contributed by atoms with Crippen molar-refractivity contribution < 1.29 is 31.9 Å². The Balaban J connectivity index is 1.74. The Morgan fingerprint density at radius 1 is 1.25 bits per heavy atom. The number of carbonyl (C=O) groups is 2. The first kappa shape index (κ1) is 19.6. The second-order valence-electron chi connectivity index (χ2n) is 5.45. The monoisotopic (exact) mass is 410 g/mol. The number of hydrogen-bond donors (Lipinski definition) is 1. The van der Waals surface area contributed by atoms with E-state index in [1.807, 2.05) is 0 Å². The van der Waals surface area contributed by atoms with Crippen LogP contribution >= 0.6 is 11.3 Å². The van der Waals surface area contributed by atoms with Crippen LogP contribution < -0.4 is 5.32 Å². The number of nitrogens with one attached hydrogen (secondary N) is 1. The number of aromatic nitrogens is 1. The highest BCUT2D eigenvalue weighted by Gasteiger charge is 2.30. The van der Waals surface area contributed by atoms with Crippen LogP contribution in [-0.4, -0.2) is 23.5 Å². The minimum atomic E-state index is -4.48. The molecule has 0 fully saturated rings. The van der Waals surface area contributed by atoms with Gasteiger partial charge in [-0.2, -0.15) is 13.2 Å². The second-order valence-corrected chi connectivity index (χ2v) is 6.31. The summed E-state index contributed by atoms with van der Waals surface area (Å²) < 4.78 is 48.7. The van der Waals surface area contributed by atoms with Crippen LogP contribution in [0, 0.1) is 0 Å². The van der Waals surface area contributed by atoms with Crippen molar-refractivity contribution in [3.8, 4) is 11.3 Å². The number of hydrogen-bond acceptors (Lipinski definition) is 6. The molecular weight excluding hydrogens is 397 g/mol. The van der Waals surface area contributed by atoms with E-state index in [-0.39, 0.29) is 34.5 Å². The fraction of sp³-hybridized carbons (Fsp3) is 0.167. The lowest BCUT2D eigenvalue weighted by Crippen LogP contribution is -2.11. The van der Waals surface area contributed by atoms with E-state index in [4.69, 9.17) is 9.15 Å². The average molecular weight is 410 g/mol. The van der Waals surface area contributed by atoms with E-state index in [0.29, 0.717) is 0 Å².